The number of carbonyl (C=O) groups is 1. The number of aliphatic hydroxyl groups excluding tert-OH is 1. The van der Waals surface area contributed by atoms with Gasteiger partial charge in [0.1, 0.15) is 11.3 Å². The van der Waals surface area contributed by atoms with Crippen LogP contribution in [0.4, 0.5) is 0 Å². The lowest BCUT2D eigenvalue weighted by Gasteiger charge is -2.23. The zero-order valence-corrected chi connectivity index (χ0v) is 15.3. The average Bonchev–Trinajstić information content (AvgIpc) is 3.21. The first kappa shape index (κ1) is 17.5. The number of fused-ring (bicyclic) bond motifs is 1. The number of methoxy groups -OCH3 is 1. The summed E-state index contributed by atoms with van der Waals surface area (Å²) in [5.41, 5.74) is 3.41. The van der Waals surface area contributed by atoms with E-state index >= 15 is 0 Å². The zero-order chi connectivity index (χ0) is 18.8. The lowest BCUT2D eigenvalue weighted by molar-refractivity contribution is 0.0677. The highest BCUT2D eigenvalue weighted by Gasteiger charge is 2.28. The van der Waals surface area contributed by atoms with Crippen molar-refractivity contribution in [2.75, 3.05) is 20.3 Å². The van der Waals surface area contributed by atoms with Gasteiger partial charge in [-0.15, -0.1) is 0 Å². The number of aromatic nitrogens is 1. The molecule has 0 radical (unpaired) electrons. The average molecular weight is 362 g/mol. The van der Waals surface area contributed by atoms with E-state index in [0.29, 0.717) is 12.1 Å². The quantitative estimate of drug-likeness (QED) is 0.771. The van der Waals surface area contributed by atoms with E-state index in [1.54, 1.807) is 18.2 Å². The highest BCUT2D eigenvalue weighted by Crippen LogP contribution is 2.33. The number of nitrogens with zero attached hydrogens (tertiary/aromatic N) is 2. The van der Waals surface area contributed by atoms with E-state index < -0.39 is 0 Å². The van der Waals surface area contributed by atoms with Gasteiger partial charge in [-0.25, -0.2) is 0 Å². The van der Waals surface area contributed by atoms with Crippen molar-refractivity contribution in [2.24, 2.45) is 0 Å². The summed E-state index contributed by atoms with van der Waals surface area (Å²) >= 11 is 0. The van der Waals surface area contributed by atoms with Gasteiger partial charge in [0.25, 0.3) is 5.91 Å². The van der Waals surface area contributed by atoms with Crippen molar-refractivity contribution in [1.82, 2.24) is 9.88 Å². The summed E-state index contributed by atoms with van der Waals surface area (Å²) in [6, 6.07) is 15.4. The van der Waals surface area contributed by atoms with E-state index in [-0.39, 0.29) is 18.6 Å². The molecular weight excluding hydrogens is 340 g/mol. The predicted molar refractivity (Wildman–Crippen MR) is 105 cm³/mol. The number of rotatable bonds is 4. The third kappa shape index (κ3) is 3.15. The number of carbonyl (C=O) groups excluding carboxylic acids is 1. The summed E-state index contributed by atoms with van der Waals surface area (Å²) in [7, 11) is 1.63. The Morgan fingerprint density at radius 2 is 2.15 bits per heavy atom. The van der Waals surface area contributed by atoms with Crippen LogP contribution in [0.2, 0.25) is 0 Å². The summed E-state index contributed by atoms with van der Waals surface area (Å²) in [6.45, 7) is 0.712. The van der Waals surface area contributed by atoms with E-state index in [4.69, 9.17) is 4.74 Å². The van der Waals surface area contributed by atoms with Crippen LogP contribution in [0.5, 0.6) is 5.75 Å². The molecule has 5 nitrogen and oxygen atoms in total. The SMILES string of the molecule is COc1ccc(-c2cccc(C(=O)N3CCC[C@H]3CO)c2)c2cccnc12. The summed E-state index contributed by atoms with van der Waals surface area (Å²) in [4.78, 5) is 19.2. The fraction of sp³-hybridized carbons (Fsp3) is 0.273. The molecule has 0 spiro atoms. The minimum absolute atomic E-state index is 0.0141. The van der Waals surface area contributed by atoms with Crippen LogP contribution in [0, 0.1) is 0 Å². The van der Waals surface area contributed by atoms with Crippen molar-refractivity contribution < 1.29 is 14.6 Å². The zero-order valence-electron chi connectivity index (χ0n) is 15.3. The third-order valence-electron chi connectivity index (χ3n) is 5.22. The summed E-state index contributed by atoms with van der Waals surface area (Å²) in [6.07, 6.45) is 3.54. The first-order valence-corrected chi connectivity index (χ1v) is 9.17. The molecule has 1 saturated heterocycles. The smallest absolute Gasteiger partial charge is 0.254 e. The Bertz CT molecular complexity index is 986. The van der Waals surface area contributed by atoms with E-state index in [9.17, 15) is 9.90 Å². The van der Waals surface area contributed by atoms with Gasteiger partial charge >= 0.3 is 0 Å². The Kier molecular flexibility index (Phi) is 4.77. The highest BCUT2D eigenvalue weighted by molar-refractivity contribution is 6.00. The Labute approximate surface area is 158 Å². The Morgan fingerprint density at radius 1 is 1.26 bits per heavy atom. The second-order valence-corrected chi connectivity index (χ2v) is 6.77. The fourth-order valence-electron chi connectivity index (χ4n) is 3.84. The Hall–Kier alpha value is -2.92. The number of likely N-dealkylation sites (tertiary alicyclic amines) is 1. The molecule has 4 rings (SSSR count). The first-order chi connectivity index (χ1) is 13.2. The molecule has 0 unspecified atom stereocenters. The standard InChI is InChI=1S/C22H22N2O3/c1-27-20-10-9-18(19-8-3-11-23-21(19)20)15-5-2-6-16(13-15)22(26)24-12-4-7-17(24)14-25/h2-3,5-6,8-11,13,17,25H,4,7,12,14H2,1H3/t17-/m0/s1. The maximum absolute atomic E-state index is 12.9. The van der Waals surface area contributed by atoms with Crippen LogP contribution in [0.25, 0.3) is 22.0 Å². The molecular formula is C22H22N2O3. The van der Waals surface area contributed by atoms with Gasteiger partial charge in [0.2, 0.25) is 0 Å². The molecule has 1 N–H and O–H groups in total. The lowest BCUT2D eigenvalue weighted by Crippen LogP contribution is -2.37. The molecule has 1 aliphatic rings. The predicted octanol–water partition coefficient (Wildman–Crippen LogP) is 3.51. The number of hydrogen-bond donors (Lipinski definition) is 1. The summed E-state index contributed by atoms with van der Waals surface area (Å²) in [5.74, 6) is 0.703. The van der Waals surface area contributed by atoms with Crippen molar-refractivity contribution in [3.05, 3.63) is 60.3 Å². The van der Waals surface area contributed by atoms with Gasteiger partial charge in [-0.05, 0) is 54.3 Å². The number of ether oxygens (including phenoxy) is 1. The molecule has 3 aromatic rings. The topological polar surface area (TPSA) is 62.7 Å². The Balaban J connectivity index is 1.75. The largest absolute Gasteiger partial charge is 0.494 e. The van der Waals surface area contributed by atoms with Crippen molar-refractivity contribution in [3.8, 4) is 16.9 Å². The maximum Gasteiger partial charge on any atom is 0.254 e. The molecule has 1 atom stereocenters. The molecule has 2 heterocycles. The van der Waals surface area contributed by atoms with Crippen molar-refractivity contribution >= 4 is 16.8 Å². The molecule has 0 bridgehead atoms. The van der Waals surface area contributed by atoms with Gasteiger partial charge in [-0.3, -0.25) is 9.78 Å². The van der Waals surface area contributed by atoms with Gasteiger partial charge in [0, 0.05) is 23.7 Å². The van der Waals surface area contributed by atoms with Crippen molar-refractivity contribution in [2.45, 2.75) is 18.9 Å². The fourth-order valence-corrected chi connectivity index (χ4v) is 3.84. The molecule has 2 aromatic carbocycles. The number of pyridine rings is 1. The number of aliphatic hydroxyl groups is 1. The van der Waals surface area contributed by atoms with E-state index in [2.05, 4.69) is 4.98 Å². The second kappa shape index (κ2) is 7.37. The monoisotopic (exact) mass is 362 g/mol. The van der Waals surface area contributed by atoms with Crippen LogP contribution in [-0.2, 0) is 0 Å². The van der Waals surface area contributed by atoms with Crippen molar-refractivity contribution in [1.29, 1.82) is 0 Å². The first-order valence-electron chi connectivity index (χ1n) is 9.17. The molecule has 0 saturated carbocycles. The molecule has 0 aliphatic carbocycles. The van der Waals surface area contributed by atoms with E-state index in [1.807, 2.05) is 48.5 Å². The molecule has 1 aromatic heterocycles. The normalized spacial score (nSPS) is 16.7. The van der Waals surface area contributed by atoms with Gasteiger partial charge in [-0.1, -0.05) is 18.2 Å². The molecule has 138 valence electrons. The maximum atomic E-state index is 12.9. The molecule has 1 amide bonds. The van der Waals surface area contributed by atoms with Crippen LogP contribution >= 0.6 is 0 Å². The minimum Gasteiger partial charge on any atom is -0.494 e. The molecule has 1 fully saturated rings. The third-order valence-corrected chi connectivity index (χ3v) is 5.22. The van der Waals surface area contributed by atoms with Crippen LogP contribution in [-0.4, -0.2) is 47.2 Å². The van der Waals surface area contributed by atoms with Crippen LogP contribution in [0.15, 0.2) is 54.7 Å². The van der Waals surface area contributed by atoms with Crippen LogP contribution in [0.3, 0.4) is 0 Å². The van der Waals surface area contributed by atoms with Gasteiger partial charge in [-0.2, -0.15) is 0 Å². The van der Waals surface area contributed by atoms with Gasteiger partial charge < -0.3 is 14.7 Å². The minimum atomic E-state index is -0.0767. The molecule has 27 heavy (non-hydrogen) atoms. The highest BCUT2D eigenvalue weighted by atomic mass is 16.5. The number of benzene rings is 2. The summed E-state index contributed by atoms with van der Waals surface area (Å²) < 4.78 is 5.42. The lowest BCUT2D eigenvalue weighted by atomic mass is 9.98. The molecule has 1 aliphatic heterocycles. The van der Waals surface area contributed by atoms with Gasteiger partial charge in [0.15, 0.2) is 0 Å². The summed E-state index contributed by atoms with van der Waals surface area (Å²) in [5, 5.41) is 10.5. The number of hydrogen-bond acceptors (Lipinski definition) is 4. The van der Waals surface area contributed by atoms with Gasteiger partial charge in [0.05, 0.1) is 19.8 Å². The molecule has 5 heteroatoms. The number of amides is 1. The van der Waals surface area contributed by atoms with Crippen LogP contribution in [0.1, 0.15) is 23.2 Å². The van der Waals surface area contributed by atoms with E-state index in [1.165, 1.54) is 0 Å². The second-order valence-electron chi connectivity index (χ2n) is 6.77. The van der Waals surface area contributed by atoms with Crippen LogP contribution < -0.4 is 4.74 Å². The van der Waals surface area contributed by atoms with E-state index in [0.717, 1.165) is 40.6 Å². The van der Waals surface area contributed by atoms with Crippen molar-refractivity contribution in [3.63, 3.8) is 0 Å². The Morgan fingerprint density at radius 3 is 2.96 bits per heavy atom.